The highest BCUT2D eigenvalue weighted by Gasteiger charge is 2.18. The van der Waals surface area contributed by atoms with Gasteiger partial charge in [0.05, 0.1) is 0 Å². The van der Waals surface area contributed by atoms with Crippen molar-refractivity contribution in [1.29, 1.82) is 0 Å². The molecule has 0 aliphatic heterocycles. The van der Waals surface area contributed by atoms with E-state index in [1.54, 1.807) is 19.0 Å². The first kappa shape index (κ1) is 24.9. The van der Waals surface area contributed by atoms with E-state index in [1.165, 1.54) is 57.8 Å². The molecule has 0 heterocycles. The zero-order chi connectivity index (χ0) is 19.6. The summed E-state index contributed by atoms with van der Waals surface area (Å²) in [7, 11) is 3.55. The molecule has 0 bridgehead atoms. The summed E-state index contributed by atoms with van der Waals surface area (Å²) < 4.78 is 0. The van der Waals surface area contributed by atoms with E-state index in [2.05, 4.69) is 12.2 Å². The number of hydrogen-bond acceptors (Lipinski definition) is 3. The molecule has 5 heteroatoms. The molecule has 0 saturated heterocycles. The van der Waals surface area contributed by atoms with Crippen molar-refractivity contribution in [3.8, 4) is 0 Å². The maximum atomic E-state index is 11.8. The number of likely N-dealkylation sites (N-methyl/N-ethyl adjacent to an activating group) is 1. The minimum atomic E-state index is -0.791. The number of rotatable bonds is 18. The standard InChI is InChI=1S/C21H42N2O3/c1-4-5-6-7-8-9-10-11-12-15-18-22-20(24)17-14-13-16-19(21(25)26)23(2)3/h19H,4-18H2,1-3H3,(H,22,24)(H,25,26). The Morgan fingerprint density at radius 2 is 1.38 bits per heavy atom. The fourth-order valence-corrected chi connectivity index (χ4v) is 3.15. The van der Waals surface area contributed by atoms with Crippen molar-refractivity contribution in [3.05, 3.63) is 0 Å². The average molecular weight is 371 g/mol. The molecule has 1 atom stereocenters. The van der Waals surface area contributed by atoms with Crippen LogP contribution in [0.3, 0.4) is 0 Å². The van der Waals surface area contributed by atoms with E-state index >= 15 is 0 Å². The first-order chi connectivity index (χ1) is 12.5. The van der Waals surface area contributed by atoms with Crippen LogP contribution < -0.4 is 5.32 Å². The highest BCUT2D eigenvalue weighted by molar-refractivity contribution is 5.75. The van der Waals surface area contributed by atoms with E-state index in [0.29, 0.717) is 12.8 Å². The summed E-state index contributed by atoms with van der Waals surface area (Å²) >= 11 is 0. The zero-order valence-electron chi connectivity index (χ0n) is 17.4. The van der Waals surface area contributed by atoms with Gasteiger partial charge < -0.3 is 10.4 Å². The average Bonchev–Trinajstić information content (AvgIpc) is 2.58. The Balaban J connectivity index is 3.40. The minimum Gasteiger partial charge on any atom is -0.480 e. The molecule has 0 rings (SSSR count). The molecule has 154 valence electrons. The number of nitrogens with zero attached hydrogens (tertiary/aromatic N) is 1. The highest BCUT2D eigenvalue weighted by atomic mass is 16.4. The van der Waals surface area contributed by atoms with E-state index < -0.39 is 12.0 Å². The molecule has 2 N–H and O–H groups in total. The molecule has 0 aliphatic carbocycles. The van der Waals surface area contributed by atoms with Gasteiger partial charge in [-0.25, -0.2) is 0 Å². The van der Waals surface area contributed by atoms with Crippen molar-refractivity contribution < 1.29 is 14.7 Å². The lowest BCUT2D eigenvalue weighted by molar-refractivity contribution is -0.142. The van der Waals surface area contributed by atoms with Gasteiger partial charge in [0.1, 0.15) is 6.04 Å². The first-order valence-electron chi connectivity index (χ1n) is 10.6. The third-order valence-electron chi connectivity index (χ3n) is 4.89. The molecule has 0 aliphatic rings. The number of hydrogen-bond donors (Lipinski definition) is 2. The lowest BCUT2D eigenvalue weighted by Gasteiger charge is -2.19. The van der Waals surface area contributed by atoms with Gasteiger partial charge in [0.15, 0.2) is 0 Å². The van der Waals surface area contributed by atoms with Gasteiger partial charge in [-0.1, -0.05) is 71.1 Å². The summed E-state index contributed by atoms with van der Waals surface area (Å²) in [5.74, 6) is -0.696. The lowest BCUT2D eigenvalue weighted by Crippen LogP contribution is -2.35. The van der Waals surface area contributed by atoms with E-state index in [-0.39, 0.29) is 5.91 Å². The van der Waals surface area contributed by atoms with Gasteiger partial charge in [-0.05, 0) is 33.4 Å². The molecule has 0 radical (unpaired) electrons. The number of unbranched alkanes of at least 4 members (excludes halogenated alkanes) is 10. The monoisotopic (exact) mass is 370 g/mol. The number of carbonyl (C=O) groups excluding carboxylic acids is 1. The molecule has 0 fully saturated rings. The minimum absolute atomic E-state index is 0.0950. The molecule has 0 aromatic rings. The SMILES string of the molecule is CCCCCCCCCCCCNC(=O)CCCCC(C(=O)O)N(C)C. The second kappa shape index (κ2) is 17.3. The van der Waals surface area contributed by atoms with Crippen LogP contribution in [0.2, 0.25) is 0 Å². The van der Waals surface area contributed by atoms with E-state index in [0.717, 1.165) is 25.8 Å². The number of carboxylic acid groups (broad SMARTS) is 1. The largest absolute Gasteiger partial charge is 0.480 e. The summed E-state index contributed by atoms with van der Waals surface area (Å²) in [6.45, 7) is 3.02. The van der Waals surface area contributed by atoms with Crippen molar-refractivity contribution in [1.82, 2.24) is 10.2 Å². The smallest absolute Gasteiger partial charge is 0.320 e. The van der Waals surface area contributed by atoms with Gasteiger partial charge in [0, 0.05) is 13.0 Å². The molecular formula is C21H42N2O3. The van der Waals surface area contributed by atoms with Crippen LogP contribution in [0.1, 0.15) is 96.8 Å². The molecular weight excluding hydrogens is 328 g/mol. The fourth-order valence-electron chi connectivity index (χ4n) is 3.15. The Hall–Kier alpha value is -1.10. The van der Waals surface area contributed by atoms with Crippen LogP contribution in [-0.2, 0) is 9.59 Å². The molecule has 26 heavy (non-hydrogen) atoms. The summed E-state index contributed by atoms with van der Waals surface area (Å²) in [4.78, 5) is 24.6. The van der Waals surface area contributed by atoms with Crippen LogP contribution in [0, 0.1) is 0 Å². The molecule has 1 amide bonds. The number of nitrogens with one attached hydrogen (secondary N) is 1. The van der Waals surface area contributed by atoms with Crippen molar-refractivity contribution in [2.75, 3.05) is 20.6 Å². The van der Waals surface area contributed by atoms with E-state index in [9.17, 15) is 9.59 Å². The van der Waals surface area contributed by atoms with Crippen molar-refractivity contribution >= 4 is 11.9 Å². The van der Waals surface area contributed by atoms with Gasteiger partial charge in [0.2, 0.25) is 5.91 Å². The Morgan fingerprint density at radius 1 is 0.846 bits per heavy atom. The summed E-state index contributed by atoms with van der Waals surface area (Å²) in [5.41, 5.74) is 0. The molecule has 0 saturated carbocycles. The number of aliphatic carboxylic acids is 1. The maximum absolute atomic E-state index is 11.8. The molecule has 1 unspecified atom stereocenters. The van der Waals surface area contributed by atoms with E-state index in [1.807, 2.05) is 0 Å². The summed E-state index contributed by atoms with van der Waals surface area (Å²) in [6, 6.07) is -0.454. The Bertz CT molecular complexity index is 359. The number of carboxylic acids is 1. The maximum Gasteiger partial charge on any atom is 0.320 e. The summed E-state index contributed by atoms with van der Waals surface area (Å²) in [6.07, 6.45) is 15.6. The van der Waals surface area contributed by atoms with Crippen molar-refractivity contribution in [2.24, 2.45) is 0 Å². The number of amides is 1. The molecule has 0 aromatic carbocycles. The van der Waals surface area contributed by atoms with Crippen molar-refractivity contribution in [3.63, 3.8) is 0 Å². The first-order valence-corrected chi connectivity index (χ1v) is 10.6. The topological polar surface area (TPSA) is 69.6 Å². The predicted octanol–water partition coefficient (Wildman–Crippen LogP) is 4.60. The van der Waals surface area contributed by atoms with Crippen LogP contribution in [0.5, 0.6) is 0 Å². The highest BCUT2D eigenvalue weighted by Crippen LogP contribution is 2.10. The van der Waals surface area contributed by atoms with Gasteiger partial charge in [-0.15, -0.1) is 0 Å². The van der Waals surface area contributed by atoms with E-state index in [4.69, 9.17) is 5.11 Å². The lowest BCUT2D eigenvalue weighted by atomic mass is 10.1. The Morgan fingerprint density at radius 3 is 1.88 bits per heavy atom. The van der Waals surface area contributed by atoms with Crippen molar-refractivity contribution in [2.45, 2.75) is 103 Å². The third kappa shape index (κ3) is 15.2. The summed E-state index contributed by atoms with van der Waals surface area (Å²) in [5, 5.41) is 12.1. The Labute approximate surface area is 160 Å². The number of carbonyl (C=O) groups is 2. The quantitative estimate of drug-likeness (QED) is 0.346. The normalized spacial score (nSPS) is 12.3. The predicted molar refractivity (Wildman–Crippen MR) is 108 cm³/mol. The third-order valence-corrected chi connectivity index (χ3v) is 4.89. The van der Waals surface area contributed by atoms with Crippen LogP contribution in [0.25, 0.3) is 0 Å². The van der Waals surface area contributed by atoms with Crippen LogP contribution in [-0.4, -0.2) is 48.6 Å². The molecule has 0 aromatic heterocycles. The van der Waals surface area contributed by atoms with Crippen LogP contribution in [0.15, 0.2) is 0 Å². The van der Waals surface area contributed by atoms with Gasteiger partial charge in [0.25, 0.3) is 0 Å². The second-order valence-corrected chi connectivity index (χ2v) is 7.60. The van der Waals surface area contributed by atoms with Crippen LogP contribution >= 0.6 is 0 Å². The van der Waals surface area contributed by atoms with Gasteiger partial charge in [-0.2, -0.15) is 0 Å². The molecule has 0 spiro atoms. The zero-order valence-corrected chi connectivity index (χ0v) is 17.4. The van der Waals surface area contributed by atoms with Crippen LogP contribution in [0.4, 0.5) is 0 Å². The fraction of sp³-hybridized carbons (Fsp3) is 0.905. The Kier molecular flexibility index (Phi) is 16.6. The van der Waals surface area contributed by atoms with Gasteiger partial charge >= 0.3 is 5.97 Å². The van der Waals surface area contributed by atoms with Gasteiger partial charge in [-0.3, -0.25) is 14.5 Å². The second-order valence-electron chi connectivity index (χ2n) is 7.60. The molecule has 5 nitrogen and oxygen atoms in total.